The molecule has 0 atom stereocenters. The fourth-order valence-electron chi connectivity index (χ4n) is 5.53. The van der Waals surface area contributed by atoms with Crippen molar-refractivity contribution in [1.29, 1.82) is 0 Å². The first-order chi connectivity index (χ1) is 17.0. The number of unbranched alkanes of at least 4 members (excludes halogenated alkanes) is 5. The van der Waals surface area contributed by atoms with Gasteiger partial charge in [0.25, 0.3) is 0 Å². The van der Waals surface area contributed by atoms with Gasteiger partial charge in [-0.2, -0.15) is 0 Å². The smallest absolute Gasteiger partial charge is 0.235 e. The average molecular weight is 495 g/mol. The number of carbonyl (C=O) groups excluding carboxylic acids is 2. The third-order valence-corrected chi connectivity index (χ3v) is 8.16. The molecule has 1 heterocycles. The maximum absolute atomic E-state index is 13.8. The largest absolute Gasteiger partial charge is 0.342 e. The Morgan fingerprint density at radius 3 is 1.43 bits per heavy atom. The molecule has 0 radical (unpaired) electrons. The van der Waals surface area contributed by atoms with Gasteiger partial charge in [-0.05, 0) is 71.1 Å². The molecule has 0 spiro atoms. The van der Waals surface area contributed by atoms with Gasteiger partial charge < -0.3 is 14.3 Å². The lowest BCUT2D eigenvalue weighted by Gasteiger charge is -2.41. The molecule has 2 amide bonds. The van der Waals surface area contributed by atoms with Crippen molar-refractivity contribution in [3.05, 3.63) is 0 Å². The van der Waals surface area contributed by atoms with Crippen molar-refractivity contribution in [2.45, 2.75) is 125 Å². The highest BCUT2D eigenvalue weighted by molar-refractivity contribution is 6.00. The van der Waals surface area contributed by atoms with Crippen LogP contribution in [0.2, 0.25) is 0 Å². The predicted octanol–water partition coefficient (Wildman–Crippen LogP) is 6.65. The summed E-state index contributed by atoms with van der Waals surface area (Å²) in [6.07, 6.45) is 15.3. The number of carbonyl (C=O) groups is 2. The first-order valence-electron chi connectivity index (χ1n) is 15.4. The van der Waals surface area contributed by atoms with Crippen LogP contribution in [0.1, 0.15) is 125 Å². The molecule has 0 aromatic heterocycles. The van der Waals surface area contributed by atoms with Gasteiger partial charge in [0, 0.05) is 26.2 Å². The zero-order valence-corrected chi connectivity index (χ0v) is 24.3. The number of hydrogen-bond donors (Lipinski definition) is 0. The van der Waals surface area contributed by atoms with E-state index in [0.717, 1.165) is 90.4 Å². The highest BCUT2D eigenvalue weighted by Crippen LogP contribution is 2.22. The highest BCUT2D eigenvalue weighted by atomic mass is 16.2. The van der Waals surface area contributed by atoms with Crippen molar-refractivity contribution in [3.63, 3.8) is 0 Å². The number of rotatable bonds is 20. The molecule has 0 aromatic carbocycles. The number of likely N-dealkylation sites (tertiary alicyclic amines) is 1. The van der Waals surface area contributed by atoms with Gasteiger partial charge in [0.1, 0.15) is 5.92 Å². The standard InChI is InChI=1S/C30H60N3O2/c1-6-11-21-31(22-12-7-2)29(34)28(30(35)32(23-13-8-3)24-14-9-4)20-16-19-27-33(10-5)25-17-15-18-26-33/h28H,6-27H2,1-5H3/q+1. The van der Waals surface area contributed by atoms with Crippen molar-refractivity contribution in [1.82, 2.24) is 9.80 Å². The van der Waals surface area contributed by atoms with Crippen LogP contribution in [-0.2, 0) is 9.59 Å². The summed E-state index contributed by atoms with van der Waals surface area (Å²) in [5, 5.41) is 0. The molecule has 5 heteroatoms. The van der Waals surface area contributed by atoms with Crippen LogP contribution in [0.25, 0.3) is 0 Å². The molecular formula is C30H60N3O2+. The Kier molecular flexibility index (Phi) is 17.4. The normalized spacial score (nSPS) is 15.4. The summed E-state index contributed by atoms with van der Waals surface area (Å²) in [5.41, 5.74) is 0. The van der Waals surface area contributed by atoms with Crippen LogP contribution in [0.3, 0.4) is 0 Å². The highest BCUT2D eigenvalue weighted by Gasteiger charge is 2.34. The van der Waals surface area contributed by atoms with Crippen LogP contribution in [0.5, 0.6) is 0 Å². The SMILES string of the molecule is CCCCN(CCCC)C(=O)C(CCCC[N+]1(CC)CCCCC1)C(=O)N(CCCC)CCCC. The van der Waals surface area contributed by atoms with Crippen LogP contribution in [0, 0.1) is 5.92 Å². The van der Waals surface area contributed by atoms with Crippen LogP contribution in [0.15, 0.2) is 0 Å². The summed E-state index contributed by atoms with van der Waals surface area (Å²) in [7, 11) is 0. The Morgan fingerprint density at radius 2 is 1.06 bits per heavy atom. The molecule has 206 valence electrons. The molecule has 5 nitrogen and oxygen atoms in total. The first-order valence-corrected chi connectivity index (χ1v) is 15.4. The van der Waals surface area contributed by atoms with E-state index in [2.05, 4.69) is 34.6 Å². The van der Waals surface area contributed by atoms with E-state index in [1.165, 1.54) is 49.9 Å². The van der Waals surface area contributed by atoms with Gasteiger partial charge in [-0.15, -0.1) is 0 Å². The molecule has 1 rings (SSSR count). The number of hydrogen-bond acceptors (Lipinski definition) is 2. The Bertz CT molecular complexity index is 512. The van der Waals surface area contributed by atoms with Crippen molar-refractivity contribution in [2.24, 2.45) is 5.92 Å². The molecule has 0 unspecified atom stereocenters. The zero-order valence-electron chi connectivity index (χ0n) is 24.3. The minimum Gasteiger partial charge on any atom is -0.342 e. The maximum atomic E-state index is 13.8. The van der Waals surface area contributed by atoms with Gasteiger partial charge in [0.2, 0.25) is 11.8 Å². The van der Waals surface area contributed by atoms with E-state index in [1.54, 1.807) is 0 Å². The Morgan fingerprint density at radius 1 is 0.629 bits per heavy atom. The second-order valence-corrected chi connectivity index (χ2v) is 11.0. The molecule has 1 aliphatic rings. The van der Waals surface area contributed by atoms with Crippen LogP contribution < -0.4 is 0 Å². The van der Waals surface area contributed by atoms with Crippen LogP contribution in [-0.4, -0.2) is 78.5 Å². The van der Waals surface area contributed by atoms with Crippen molar-refractivity contribution >= 4 is 11.8 Å². The first kappa shape index (κ1) is 31.9. The molecule has 1 aliphatic heterocycles. The molecule has 0 aromatic rings. The molecule has 1 saturated heterocycles. The van der Waals surface area contributed by atoms with Crippen molar-refractivity contribution < 1.29 is 14.1 Å². The molecular weight excluding hydrogens is 434 g/mol. The summed E-state index contributed by atoms with van der Waals surface area (Å²) in [6, 6.07) is 0. The lowest BCUT2D eigenvalue weighted by Crippen LogP contribution is -2.51. The van der Waals surface area contributed by atoms with E-state index in [0.29, 0.717) is 6.42 Å². The molecule has 0 N–H and O–H groups in total. The minimum atomic E-state index is -0.492. The molecule has 1 fully saturated rings. The maximum Gasteiger partial charge on any atom is 0.235 e. The van der Waals surface area contributed by atoms with Crippen molar-refractivity contribution in [3.8, 4) is 0 Å². The summed E-state index contributed by atoms with van der Waals surface area (Å²) in [6.45, 7) is 19.2. The number of nitrogens with zero attached hydrogens (tertiary/aromatic N) is 3. The van der Waals surface area contributed by atoms with Gasteiger partial charge in [-0.25, -0.2) is 0 Å². The molecule has 0 saturated carbocycles. The number of piperidine rings is 1. The molecule has 0 bridgehead atoms. The van der Waals surface area contributed by atoms with Crippen LogP contribution in [0.4, 0.5) is 0 Å². The summed E-state index contributed by atoms with van der Waals surface area (Å²) in [4.78, 5) is 31.7. The lowest BCUT2D eigenvalue weighted by atomic mass is 9.96. The van der Waals surface area contributed by atoms with Gasteiger partial charge in [0.15, 0.2) is 0 Å². The van der Waals surface area contributed by atoms with Gasteiger partial charge >= 0.3 is 0 Å². The fourth-order valence-corrected chi connectivity index (χ4v) is 5.53. The zero-order chi connectivity index (χ0) is 25.9. The van der Waals surface area contributed by atoms with E-state index in [9.17, 15) is 9.59 Å². The van der Waals surface area contributed by atoms with Crippen molar-refractivity contribution in [2.75, 3.05) is 52.4 Å². The van der Waals surface area contributed by atoms with Crippen LogP contribution >= 0.6 is 0 Å². The minimum absolute atomic E-state index is 0.104. The van der Waals surface area contributed by atoms with E-state index in [1.807, 2.05) is 9.80 Å². The second kappa shape index (κ2) is 19.1. The Balaban J connectivity index is 2.95. The molecule has 35 heavy (non-hydrogen) atoms. The summed E-state index contributed by atoms with van der Waals surface area (Å²) in [5.74, 6) is -0.284. The van der Waals surface area contributed by atoms with Gasteiger partial charge in [0.05, 0.1) is 26.2 Å². The topological polar surface area (TPSA) is 40.6 Å². The van der Waals surface area contributed by atoms with Gasteiger partial charge in [-0.3, -0.25) is 9.59 Å². The van der Waals surface area contributed by atoms with E-state index < -0.39 is 5.92 Å². The third-order valence-electron chi connectivity index (χ3n) is 8.16. The van der Waals surface area contributed by atoms with Gasteiger partial charge in [-0.1, -0.05) is 53.4 Å². The van der Waals surface area contributed by atoms with E-state index in [4.69, 9.17) is 0 Å². The Labute approximate surface area is 218 Å². The summed E-state index contributed by atoms with van der Waals surface area (Å²) < 4.78 is 1.24. The summed E-state index contributed by atoms with van der Waals surface area (Å²) >= 11 is 0. The predicted molar refractivity (Wildman–Crippen MR) is 149 cm³/mol. The average Bonchev–Trinajstić information content (AvgIpc) is 2.88. The fraction of sp³-hybridized carbons (Fsp3) is 0.933. The monoisotopic (exact) mass is 494 g/mol. The third kappa shape index (κ3) is 11.7. The number of amides is 2. The van der Waals surface area contributed by atoms with E-state index >= 15 is 0 Å². The number of quaternary nitrogens is 1. The van der Waals surface area contributed by atoms with E-state index in [-0.39, 0.29) is 11.8 Å². The second-order valence-electron chi connectivity index (χ2n) is 11.0. The lowest BCUT2D eigenvalue weighted by molar-refractivity contribution is -0.931. The quantitative estimate of drug-likeness (QED) is 0.108. The molecule has 0 aliphatic carbocycles. The Hall–Kier alpha value is -1.10.